The molecule has 1 saturated heterocycles. The van der Waals surface area contributed by atoms with E-state index in [1.807, 2.05) is 7.05 Å². The van der Waals surface area contributed by atoms with Gasteiger partial charge in [0.25, 0.3) is 0 Å². The van der Waals surface area contributed by atoms with E-state index in [2.05, 4.69) is 19.2 Å². The molecule has 0 aliphatic carbocycles. The number of likely N-dealkylation sites (N-methyl/N-ethyl adjacent to an activating group) is 1. The van der Waals surface area contributed by atoms with Crippen molar-refractivity contribution >= 4 is 5.91 Å². The zero-order valence-corrected chi connectivity index (χ0v) is 9.25. The quantitative estimate of drug-likeness (QED) is 0.684. The summed E-state index contributed by atoms with van der Waals surface area (Å²) in [5.41, 5.74) is 0. The molecule has 1 rings (SSSR count). The molecule has 1 amide bonds. The molecule has 0 radical (unpaired) electrons. The Labute approximate surface area is 85.6 Å². The fourth-order valence-electron chi connectivity index (χ4n) is 1.33. The number of rotatable bonds is 5. The lowest BCUT2D eigenvalue weighted by Gasteiger charge is -2.28. The van der Waals surface area contributed by atoms with Gasteiger partial charge in [0.15, 0.2) is 0 Å². The molecule has 1 N–H and O–H groups in total. The maximum atomic E-state index is 11.5. The van der Waals surface area contributed by atoms with Crippen LogP contribution in [0, 0.1) is 5.92 Å². The highest BCUT2D eigenvalue weighted by molar-refractivity contribution is 5.77. The van der Waals surface area contributed by atoms with Crippen LogP contribution in [-0.2, 0) is 9.53 Å². The molecule has 0 unspecified atom stereocenters. The number of carbonyl (C=O) groups is 1. The minimum absolute atomic E-state index is 0.0746. The molecule has 1 aliphatic rings. The highest BCUT2D eigenvalue weighted by Crippen LogP contribution is 2.00. The Hall–Kier alpha value is -0.610. The largest absolute Gasteiger partial charge is 0.366 e. The van der Waals surface area contributed by atoms with Crippen molar-refractivity contribution in [3.05, 3.63) is 0 Å². The van der Waals surface area contributed by atoms with Crippen LogP contribution < -0.4 is 5.32 Å². The summed E-state index contributed by atoms with van der Waals surface area (Å²) in [5.74, 6) is 0.583. The van der Waals surface area contributed by atoms with Gasteiger partial charge in [-0.25, -0.2) is 0 Å². The molecular formula is C10H20N2O2. The first-order valence-electron chi connectivity index (χ1n) is 5.16. The van der Waals surface area contributed by atoms with Crippen molar-refractivity contribution < 1.29 is 9.53 Å². The van der Waals surface area contributed by atoms with Gasteiger partial charge in [-0.3, -0.25) is 4.79 Å². The molecule has 0 bridgehead atoms. The summed E-state index contributed by atoms with van der Waals surface area (Å²) >= 11 is 0. The summed E-state index contributed by atoms with van der Waals surface area (Å²) in [7, 11) is 1.82. The van der Waals surface area contributed by atoms with Gasteiger partial charge in [0.1, 0.15) is 6.61 Å². The van der Waals surface area contributed by atoms with Gasteiger partial charge in [-0.05, 0) is 5.92 Å². The first-order chi connectivity index (χ1) is 6.59. The Kier molecular flexibility index (Phi) is 4.35. The predicted molar refractivity (Wildman–Crippen MR) is 55.1 cm³/mol. The number of ether oxygens (including phenoxy) is 1. The van der Waals surface area contributed by atoms with Crippen molar-refractivity contribution in [1.29, 1.82) is 0 Å². The van der Waals surface area contributed by atoms with E-state index < -0.39 is 0 Å². The zero-order valence-electron chi connectivity index (χ0n) is 9.25. The smallest absolute Gasteiger partial charge is 0.248 e. The second-order valence-corrected chi connectivity index (χ2v) is 4.26. The van der Waals surface area contributed by atoms with E-state index in [0.29, 0.717) is 5.92 Å². The summed E-state index contributed by atoms with van der Waals surface area (Å²) in [5, 5.41) is 3.10. The lowest BCUT2D eigenvalue weighted by Crippen LogP contribution is -2.49. The summed E-state index contributed by atoms with van der Waals surface area (Å²) in [4.78, 5) is 13.2. The van der Waals surface area contributed by atoms with Crippen LogP contribution in [0.15, 0.2) is 0 Å². The minimum Gasteiger partial charge on any atom is -0.366 e. The minimum atomic E-state index is 0.0746. The Bertz CT molecular complexity index is 191. The molecule has 0 saturated carbocycles. The van der Waals surface area contributed by atoms with Crippen LogP contribution in [0.2, 0.25) is 0 Å². The Morgan fingerprint density at radius 1 is 1.57 bits per heavy atom. The Balaban J connectivity index is 2.12. The highest BCUT2D eigenvalue weighted by Gasteiger charge is 2.19. The monoisotopic (exact) mass is 200 g/mol. The van der Waals surface area contributed by atoms with Gasteiger partial charge in [-0.1, -0.05) is 13.8 Å². The molecule has 0 atom stereocenters. The molecule has 0 aromatic heterocycles. The molecular weight excluding hydrogens is 180 g/mol. The van der Waals surface area contributed by atoms with Crippen LogP contribution in [0.1, 0.15) is 13.8 Å². The number of hydrogen-bond donors (Lipinski definition) is 1. The molecule has 82 valence electrons. The van der Waals surface area contributed by atoms with Crippen LogP contribution >= 0.6 is 0 Å². The Morgan fingerprint density at radius 3 is 2.64 bits per heavy atom. The number of nitrogens with one attached hydrogen (secondary N) is 1. The van der Waals surface area contributed by atoms with Crippen LogP contribution in [-0.4, -0.2) is 50.2 Å². The zero-order chi connectivity index (χ0) is 10.6. The number of nitrogens with zero attached hydrogens (tertiary/aromatic N) is 1. The van der Waals surface area contributed by atoms with Crippen molar-refractivity contribution in [2.24, 2.45) is 5.92 Å². The third-order valence-corrected chi connectivity index (χ3v) is 2.25. The molecule has 1 aliphatic heterocycles. The van der Waals surface area contributed by atoms with Crippen molar-refractivity contribution in [2.45, 2.75) is 20.0 Å². The molecule has 0 aromatic rings. The van der Waals surface area contributed by atoms with Gasteiger partial charge >= 0.3 is 0 Å². The van der Waals surface area contributed by atoms with Gasteiger partial charge in [-0.2, -0.15) is 0 Å². The van der Waals surface area contributed by atoms with E-state index in [4.69, 9.17) is 4.74 Å². The normalized spacial score (nSPS) is 16.9. The maximum absolute atomic E-state index is 11.5. The van der Waals surface area contributed by atoms with E-state index in [1.165, 1.54) is 0 Å². The van der Waals surface area contributed by atoms with Crippen molar-refractivity contribution in [1.82, 2.24) is 10.2 Å². The molecule has 1 fully saturated rings. The van der Waals surface area contributed by atoms with E-state index in [0.717, 1.165) is 19.6 Å². The van der Waals surface area contributed by atoms with Crippen LogP contribution in [0.4, 0.5) is 0 Å². The summed E-state index contributed by atoms with van der Waals surface area (Å²) < 4.78 is 5.39. The third kappa shape index (κ3) is 3.64. The van der Waals surface area contributed by atoms with Crippen molar-refractivity contribution in [3.63, 3.8) is 0 Å². The highest BCUT2D eigenvalue weighted by atomic mass is 16.5. The van der Waals surface area contributed by atoms with Crippen LogP contribution in [0.25, 0.3) is 0 Å². The molecule has 0 aromatic carbocycles. The first kappa shape index (κ1) is 11.5. The summed E-state index contributed by atoms with van der Waals surface area (Å²) in [6, 6.07) is 0. The van der Waals surface area contributed by atoms with Crippen molar-refractivity contribution in [2.75, 3.05) is 33.3 Å². The summed E-state index contributed by atoms with van der Waals surface area (Å²) in [6.45, 7) is 6.96. The van der Waals surface area contributed by atoms with Gasteiger partial charge < -0.3 is 15.0 Å². The number of amides is 1. The first-order valence-corrected chi connectivity index (χ1v) is 5.16. The van der Waals surface area contributed by atoms with E-state index >= 15 is 0 Å². The summed E-state index contributed by atoms with van der Waals surface area (Å²) in [6.07, 6.45) is 0.242. The van der Waals surface area contributed by atoms with E-state index in [1.54, 1.807) is 4.90 Å². The third-order valence-electron chi connectivity index (χ3n) is 2.25. The lowest BCUT2D eigenvalue weighted by atomic mass is 10.2. The lowest BCUT2D eigenvalue weighted by molar-refractivity contribution is -0.138. The van der Waals surface area contributed by atoms with Crippen LogP contribution in [0.5, 0.6) is 0 Å². The van der Waals surface area contributed by atoms with Gasteiger partial charge in [0.2, 0.25) is 5.91 Å². The van der Waals surface area contributed by atoms with E-state index in [-0.39, 0.29) is 18.6 Å². The Morgan fingerprint density at radius 2 is 2.21 bits per heavy atom. The van der Waals surface area contributed by atoms with Gasteiger partial charge in [0, 0.05) is 26.7 Å². The number of hydrogen-bond acceptors (Lipinski definition) is 3. The second kappa shape index (κ2) is 5.32. The van der Waals surface area contributed by atoms with Gasteiger partial charge in [-0.15, -0.1) is 0 Å². The molecule has 14 heavy (non-hydrogen) atoms. The average molecular weight is 200 g/mol. The van der Waals surface area contributed by atoms with E-state index in [9.17, 15) is 4.79 Å². The number of carbonyl (C=O) groups excluding carboxylic acids is 1. The molecule has 1 heterocycles. The average Bonchev–Trinajstić information content (AvgIpc) is 1.99. The predicted octanol–water partition coefficient (Wildman–Crippen LogP) is 0.0892. The topological polar surface area (TPSA) is 41.6 Å². The van der Waals surface area contributed by atoms with Crippen molar-refractivity contribution in [3.8, 4) is 0 Å². The maximum Gasteiger partial charge on any atom is 0.248 e. The molecule has 0 spiro atoms. The second-order valence-electron chi connectivity index (χ2n) is 4.26. The van der Waals surface area contributed by atoms with Crippen LogP contribution in [0.3, 0.4) is 0 Å². The fourth-order valence-corrected chi connectivity index (χ4v) is 1.33. The standard InChI is InChI=1S/C10H20N2O2/c1-8(2)6-12(3)10(13)7-14-9-4-11-5-9/h8-9,11H,4-7H2,1-3H3. The SMILES string of the molecule is CC(C)CN(C)C(=O)COC1CNC1. The molecule has 4 heteroatoms. The fraction of sp³-hybridized carbons (Fsp3) is 0.900. The molecule has 4 nitrogen and oxygen atoms in total. The van der Waals surface area contributed by atoms with Gasteiger partial charge in [0.05, 0.1) is 6.10 Å².